The molecule has 0 aliphatic carbocycles. The summed E-state index contributed by atoms with van der Waals surface area (Å²) in [6.07, 6.45) is 3.47. The van der Waals surface area contributed by atoms with E-state index in [2.05, 4.69) is 25.1 Å². The zero-order chi connectivity index (χ0) is 21.1. The molecule has 0 radical (unpaired) electrons. The van der Waals surface area contributed by atoms with Crippen LogP contribution in [-0.4, -0.2) is 28.2 Å². The number of benzene rings is 2. The van der Waals surface area contributed by atoms with Gasteiger partial charge >= 0.3 is 0 Å². The summed E-state index contributed by atoms with van der Waals surface area (Å²) in [5.41, 5.74) is 1.15. The molecular formula is C20H17ClN6O2S. The molecule has 0 atom stereocenters. The zero-order valence-electron chi connectivity index (χ0n) is 15.8. The second kappa shape index (κ2) is 8.13. The van der Waals surface area contributed by atoms with E-state index in [0.29, 0.717) is 23.1 Å². The van der Waals surface area contributed by atoms with Crippen LogP contribution in [-0.2, 0) is 10.0 Å². The minimum atomic E-state index is -3.78. The number of hydrogen-bond acceptors (Lipinski definition) is 6. The van der Waals surface area contributed by atoms with Crippen LogP contribution in [0.25, 0.3) is 5.82 Å². The van der Waals surface area contributed by atoms with Crippen molar-refractivity contribution < 1.29 is 8.42 Å². The Labute approximate surface area is 178 Å². The van der Waals surface area contributed by atoms with Gasteiger partial charge in [0.25, 0.3) is 10.0 Å². The van der Waals surface area contributed by atoms with Crippen LogP contribution in [0, 0.1) is 6.92 Å². The summed E-state index contributed by atoms with van der Waals surface area (Å²) in [5.74, 6) is 1.83. The van der Waals surface area contributed by atoms with Crippen LogP contribution in [0.2, 0.25) is 5.02 Å². The maximum absolute atomic E-state index is 12.5. The lowest BCUT2D eigenvalue weighted by Crippen LogP contribution is -2.13. The molecule has 152 valence electrons. The van der Waals surface area contributed by atoms with Crippen molar-refractivity contribution in [3.8, 4) is 5.82 Å². The molecule has 2 aromatic heterocycles. The van der Waals surface area contributed by atoms with Gasteiger partial charge in [0.15, 0.2) is 5.82 Å². The second-order valence-electron chi connectivity index (χ2n) is 6.35. The van der Waals surface area contributed by atoms with Crippen molar-refractivity contribution in [2.24, 2.45) is 0 Å². The molecule has 0 saturated heterocycles. The first kappa shape index (κ1) is 19.9. The van der Waals surface area contributed by atoms with E-state index in [1.807, 2.05) is 6.07 Å². The molecule has 0 unspecified atom stereocenters. The summed E-state index contributed by atoms with van der Waals surface area (Å²) in [7, 11) is -3.78. The number of anilines is 3. The van der Waals surface area contributed by atoms with E-state index in [9.17, 15) is 8.42 Å². The number of nitrogens with one attached hydrogen (secondary N) is 2. The third-order valence-corrected chi connectivity index (χ3v) is 5.98. The highest BCUT2D eigenvalue weighted by molar-refractivity contribution is 7.92. The van der Waals surface area contributed by atoms with Crippen molar-refractivity contribution in [3.63, 3.8) is 0 Å². The summed E-state index contributed by atoms with van der Waals surface area (Å²) < 4.78 is 29.3. The summed E-state index contributed by atoms with van der Waals surface area (Å²) in [6.45, 7) is 1.80. The fraction of sp³-hybridized carbons (Fsp3) is 0.0500. The molecule has 0 fully saturated rings. The summed E-state index contributed by atoms with van der Waals surface area (Å²) >= 11 is 6.01. The Hall–Kier alpha value is -3.43. The van der Waals surface area contributed by atoms with Crippen molar-refractivity contribution in [1.29, 1.82) is 0 Å². The highest BCUT2D eigenvalue weighted by Gasteiger charge is 2.17. The van der Waals surface area contributed by atoms with Crippen LogP contribution in [0.4, 0.5) is 17.2 Å². The van der Waals surface area contributed by atoms with Crippen molar-refractivity contribution in [1.82, 2.24) is 19.7 Å². The lowest BCUT2D eigenvalue weighted by atomic mass is 10.3. The smallest absolute Gasteiger partial charge is 0.263 e. The van der Waals surface area contributed by atoms with Gasteiger partial charge in [-0.3, -0.25) is 4.72 Å². The quantitative estimate of drug-likeness (QED) is 0.466. The Morgan fingerprint density at radius 1 is 0.967 bits per heavy atom. The lowest BCUT2D eigenvalue weighted by Gasteiger charge is -2.11. The molecule has 0 saturated carbocycles. The van der Waals surface area contributed by atoms with Crippen LogP contribution < -0.4 is 10.0 Å². The molecule has 8 nitrogen and oxygen atoms in total. The molecule has 2 N–H and O–H groups in total. The average molecular weight is 441 g/mol. The predicted octanol–water partition coefficient (Wildman–Crippen LogP) is 4.17. The maximum Gasteiger partial charge on any atom is 0.263 e. The van der Waals surface area contributed by atoms with Gasteiger partial charge in [0.05, 0.1) is 5.02 Å². The van der Waals surface area contributed by atoms with Crippen molar-refractivity contribution in [2.45, 2.75) is 11.8 Å². The fourth-order valence-electron chi connectivity index (χ4n) is 2.78. The fourth-order valence-corrected chi connectivity index (χ4v) is 4.36. The Balaban J connectivity index is 1.52. The van der Waals surface area contributed by atoms with Crippen molar-refractivity contribution in [3.05, 3.63) is 83.9 Å². The number of aryl methyl sites for hydroxylation is 1. The van der Waals surface area contributed by atoms with Crippen LogP contribution in [0.5, 0.6) is 0 Å². The Bertz CT molecular complexity index is 1280. The molecule has 2 aromatic carbocycles. The van der Waals surface area contributed by atoms with Gasteiger partial charge in [-0.1, -0.05) is 23.7 Å². The van der Waals surface area contributed by atoms with Crippen LogP contribution >= 0.6 is 11.6 Å². The zero-order valence-corrected chi connectivity index (χ0v) is 17.4. The normalized spacial score (nSPS) is 11.3. The van der Waals surface area contributed by atoms with Crippen LogP contribution in [0.15, 0.2) is 78.0 Å². The molecule has 4 aromatic rings. The monoisotopic (exact) mass is 440 g/mol. The van der Waals surface area contributed by atoms with Gasteiger partial charge in [0, 0.05) is 29.8 Å². The van der Waals surface area contributed by atoms with Gasteiger partial charge in [-0.15, -0.1) is 0 Å². The molecule has 2 heterocycles. The second-order valence-corrected chi connectivity index (χ2v) is 8.41. The molecule has 0 spiro atoms. The number of nitrogens with zero attached hydrogens (tertiary/aromatic N) is 4. The first-order chi connectivity index (χ1) is 14.4. The van der Waals surface area contributed by atoms with E-state index in [0.717, 1.165) is 5.69 Å². The number of hydrogen-bond donors (Lipinski definition) is 2. The predicted molar refractivity (Wildman–Crippen MR) is 116 cm³/mol. The molecule has 0 aliphatic heterocycles. The van der Waals surface area contributed by atoms with Gasteiger partial charge in [0.2, 0.25) is 0 Å². The number of sulfonamides is 1. The van der Waals surface area contributed by atoms with E-state index >= 15 is 0 Å². The lowest BCUT2D eigenvalue weighted by molar-refractivity contribution is 0.601. The number of rotatable bonds is 6. The minimum Gasteiger partial charge on any atom is -0.340 e. The van der Waals surface area contributed by atoms with E-state index in [1.54, 1.807) is 66.5 Å². The van der Waals surface area contributed by atoms with Gasteiger partial charge in [0.1, 0.15) is 16.5 Å². The molecule has 0 bridgehead atoms. The van der Waals surface area contributed by atoms with Crippen molar-refractivity contribution >= 4 is 38.8 Å². The molecule has 0 aliphatic rings. The summed E-state index contributed by atoms with van der Waals surface area (Å²) in [6, 6.07) is 16.7. The topological polar surface area (TPSA) is 102 Å². The largest absolute Gasteiger partial charge is 0.340 e. The van der Waals surface area contributed by atoms with Gasteiger partial charge in [-0.25, -0.2) is 23.1 Å². The van der Waals surface area contributed by atoms with Gasteiger partial charge in [-0.05, 0) is 49.4 Å². The van der Waals surface area contributed by atoms with Crippen molar-refractivity contribution in [2.75, 3.05) is 10.0 Å². The van der Waals surface area contributed by atoms with E-state index in [4.69, 9.17) is 11.6 Å². The van der Waals surface area contributed by atoms with Crippen LogP contribution in [0.1, 0.15) is 5.82 Å². The summed E-state index contributed by atoms with van der Waals surface area (Å²) in [5, 5.41) is 7.53. The minimum absolute atomic E-state index is 0.0245. The molecular weight excluding hydrogens is 424 g/mol. The summed E-state index contributed by atoms with van der Waals surface area (Å²) in [4.78, 5) is 8.78. The van der Waals surface area contributed by atoms with E-state index in [1.165, 1.54) is 12.1 Å². The highest BCUT2D eigenvalue weighted by Crippen LogP contribution is 2.25. The average Bonchev–Trinajstić information content (AvgIpc) is 3.24. The first-order valence-corrected chi connectivity index (χ1v) is 10.8. The van der Waals surface area contributed by atoms with E-state index in [-0.39, 0.29) is 9.92 Å². The third-order valence-electron chi connectivity index (χ3n) is 4.10. The van der Waals surface area contributed by atoms with Crippen LogP contribution in [0.3, 0.4) is 0 Å². The molecule has 4 rings (SSSR count). The standard InChI is InChI=1S/C20H17ClN6O2S/c1-14-23-19(13-20(24-14)27-12-4-11-22-27)25-15-7-9-16(10-8-15)26-30(28,29)18-6-3-2-5-17(18)21/h2-13,26H,1H3,(H,23,24,25). The molecule has 10 heteroatoms. The highest BCUT2D eigenvalue weighted by atomic mass is 35.5. The Kier molecular flexibility index (Phi) is 5.39. The SMILES string of the molecule is Cc1nc(Nc2ccc(NS(=O)(=O)c3ccccc3Cl)cc2)cc(-n2cccn2)n1. The van der Waals surface area contributed by atoms with E-state index < -0.39 is 10.0 Å². The molecule has 30 heavy (non-hydrogen) atoms. The molecule has 0 amide bonds. The third kappa shape index (κ3) is 4.42. The Morgan fingerprint density at radius 2 is 1.70 bits per heavy atom. The Morgan fingerprint density at radius 3 is 2.40 bits per heavy atom. The van der Waals surface area contributed by atoms with Gasteiger partial charge < -0.3 is 5.32 Å². The number of aromatic nitrogens is 4. The maximum atomic E-state index is 12.5. The first-order valence-electron chi connectivity index (χ1n) is 8.91. The van der Waals surface area contributed by atoms with Gasteiger partial charge in [-0.2, -0.15) is 5.10 Å². The number of halogens is 1.